The van der Waals surface area contributed by atoms with Crippen LogP contribution >= 0.6 is 24.8 Å². The second kappa shape index (κ2) is 25.8. The van der Waals surface area contributed by atoms with Crippen molar-refractivity contribution in [2.24, 2.45) is 10.8 Å². The molecule has 2 fully saturated rings. The molecule has 0 nitrogen and oxygen atoms in total. The van der Waals surface area contributed by atoms with E-state index >= 15 is 0 Å². The van der Waals surface area contributed by atoms with E-state index in [1.807, 2.05) is 0 Å². The van der Waals surface area contributed by atoms with Crippen LogP contribution in [0.1, 0.15) is 168 Å². The van der Waals surface area contributed by atoms with Crippen LogP contribution in [0.2, 0.25) is 0 Å². The van der Waals surface area contributed by atoms with Crippen LogP contribution in [-0.4, -0.2) is 6.88 Å². The SMILES string of the molecule is CCCC1(Cc2cc3c(-c4ccccc4C(C)(C)C)cccc3[cH-]2)CCCCC1.CCCC1(Cc2cc3c(-c4ccccc4C(C)(C)C)cccc3[cH-]2)CCCCC1.Cl.Cl.[CH3-].[CH3-].[Si]=[Zr]. The fraction of sp³-hybridized carbons (Fsp3) is 0.467. The van der Waals surface area contributed by atoms with Crippen LogP contribution in [-0.2, 0) is 47.0 Å². The maximum atomic E-state index is 3.06. The molecule has 0 spiro atoms. The van der Waals surface area contributed by atoms with Gasteiger partial charge in [-0.2, -0.15) is 12.1 Å². The summed E-state index contributed by atoms with van der Waals surface area (Å²) < 4.78 is 0. The van der Waals surface area contributed by atoms with Crippen molar-refractivity contribution in [1.29, 1.82) is 0 Å². The molecule has 2 aliphatic rings. The summed E-state index contributed by atoms with van der Waals surface area (Å²) >= 11 is 1.36. The molecule has 0 unspecified atom stereocenters. The molecule has 0 aromatic heterocycles. The molecule has 0 amide bonds. The molecule has 2 radical (unpaired) electrons. The average molecular weight is 994 g/mol. The normalized spacial score (nSPS) is 15.4. The second-order valence-corrected chi connectivity index (χ2v) is 20.9. The molecule has 0 N–H and O–H groups in total. The zero-order valence-corrected chi connectivity index (χ0v) is 46.6. The predicted octanol–water partition coefficient (Wildman–Crippen LogP) is 19.0. The van der Waals surface area contributed by atoms with E-state index in [1.54, 1.807) is 11.1 Å². The molecule has 2 saturated carbocycles. The van der Waals surface area contributed by atoms with Gasteiger partial charge in [0.15, 0.2) is 0 Å². The fourth-order valence-electron chi connectivity index (χ4n) is 11.6. The summed E-state index contributed by atoms with van der Waals surface area (Å²) in [6.07, 6.45) is 22.1. The Morgan fingerprint density at radius 2 is 0.812 bits per heavy atom. The van der Waals surface area contributed by atoms with Crippen molar-refractivity contribution in [3.63, 3.8) is 0 Å². The molecule has 0 saturated heterocycles. The van der Waals surface area contributed by atoms with Gasteiger partial charge in [-0.1, -0.05) is 179 Å². The topological polar surface area (TPSA) is 0 Å². The van der Waals surface area contributed by atoms with Crippen LogP contribution in [0.3, 0.4) is 0 Å². The number of hydrogen-bond acceptors (Lipinski definition) is 0. The summed E-state index contributed by atoms with van der Waals surface area (Å²) in [6, 6.07) is 41.6. The number of benzene rings is 4. The standard InChI is InChI=1S/2C29H37.2CH3.2ClH.Si.Zr/c2*1-5-16-29(17-9-6-10-18-29)21-22-19-23-12-11-14-24(26(23)20-22)25-13-7-8-15-27(25)28(2,3)4;;;;;;/h2*7-8,11-15,19-20H,5-6,9-10,16-18,21H2,1-4H3;2*1H3;2*1H;;/q4*-1;;;;. The Morgan fingerprint density at radius 1 is 0.484 bits per heavy atom. The molecule has 6 aromatic rings. The van der Waals surface area contributed by atoms with Crippen LogP contribution < -0.4 is 0 Å². The van der Waals surface area contributed by atoms with E-state index in [9.17, 15) is 0 Å². The molecule has 0 heterocycles. The van der Waals surface area contributed by atoms with Gasteiger partial charge in [0, 0.05) is 0 Å². The quantitative estimate of drug-likeness (QED) is 0.0948. The molecule has 6 aromatic carbocycles. The van der Waals surface area contributed by atoms with E-state index in [-0.39, 0.29) is 50.5 Å². The van der Waals surface area contributed by atoms with Crippen molar-refractivity contribution in [2.75, 3.05) is 0 Å². The number of fused-ring (bicyclic) bond motifs is 2. The van der Waals surface area contributed by atoms with Gasteiger partial charge in [0.2, 0.25) is 0 Å². The molecule has 0 bridgehead atoms. The Balaban J connectivity index is 0.000000400. The van der Waals surface area contributed by atoms with Crippen molar-refractivity contribution in [3.8, 4) is 22.3 Å². The Hall–Kier alpha value is -2.22. The van der Waals surface area contributed by atoms with Gasteiger partial charge in [-0.05, 0) is 95.3 Å². The van der Waals surface area contributed by atoms with E-state index in [0.29, 0.717) is 10.8 Å². The first-order valence-electron chi connectivity index (χ1n) is 23.7. The van der Waals surface area contributed by atoms with Gasteiger partial charge in [0.25, 0.3) is 0 Å². The summed E-state index contributed by atoms with van der Waals surface area (Å²) in [5.74, 6) is 0. The van der Waals surface area contributed by atoms with Gasteiger partial charge < -0.3 is 14.9 Å². The third-order valence-electron chi connectivity index (χ3n) is 14.2. The van der Waals surface area contributed by atoms with Crippen molar-refractivity contribution in [3.05, 3.63) is 146 Å². The summed E-state index contributed by atoms with van der Waals surface area (Å²) in [4.78, 5) is 0. The number of rotatable bonds is 10. The predicted molar refractivity (Wildman–Crippen MR) is 289 cm³/mol. The third kappa shape index (κ3) is 13.9. The molecule has 8 rings (SSSR count). The summed E-state index contributed by atoms with van der Waals surface area (Å²) in [6.45, 7) is 21.7. The van der Waals surface area contributed by atoms with Gasteiger partial charge in [0.05, 0.1) is 0 Å². The Bertz CT molecular complexity index is 2110. The van der Waals surface area contributed by atoms with Crippen LogP contribution in [0.15, 0.2) is 109 Å². The van der Waals surface area contributed by atoms with Crippen LogP contribution in [0.25, 0.3) is 43.8 Å². The van der Waals surface area contributed by atoms with E-state index < -0.39 is 0 Å². The minimum absolute atomic E-state index is 0. The van der Waals surface area contributed by atoms with Crippen LogP contribution in [0.4, 0.5) is 0 Å². The van der Waals surface area contributed by atoms with Gasteiger partial charge in [-0.15, -0.1) is 93.9 Å². The number of halogens is 2. The monoisotopic (exact) mass is 990 g/mol. The first-order valence-corrected chi connectivity index (χ1v) is 27.8. The Labute approximate surface area is 421 Å². The van der Waals surface area contributed by atoms with E-state index in [2.05, 4.69) is 171 Å². The third-order valence-corrected chi connectivity index (χ3v) is 14.2. The van der Waals surface area contributed by atoms with Crippen molar-refractivity contribution in [2.45, 2.75) is 169 Å². The Kier molecular flexibility index (Phi) is 23.3. The first kappa shape index (κ1) is 57.9. The number of hydrogen-bond donors (Lipinski definition) is 0. The second-order valence-electron chi connectivity index (χ2n) is 20.9. The summed E-state index contributed by atoms with van der Waals surface area (Å²) in [5.41, 5.74) is 12.9. The molecule has 2 aliphatic carbocycles. The zero-order valence-electron chi connectivity index (χ0n) is 41.5. The summed E-state index contributed by atoms with van der Waals surface area (Å²) in [5, 5.41) is 5.68. The molecule has 64 heavy (non-hydrogen) atoms. The van der Waals surface area contributed by atoms with Crippen LogP contribution in [0, 0.1) is 25.7 Å². The summed E-state index contributed by atoms with van der Waals surface area (Å²) in [7, 11) is 0. The van der Waals surface area contributed by atoms with Crippen molar-refractivity contribution >= 4 is 53.2 Å². The fourth-order valence-corrected chi connectivity index (χ4v) is 11.6. The average Bonchev–Trinajstić information content (AvgIpc) is 3.85. The zero-order chi connectivity index (χ0) is 43.0. The molecule has 0 aliphatic heterocycles. The molecular formula is C60H82Cl2SiZr-4. The molecule has 348 valence electrons. The minimum atomic E-state index is 0. The molecular weight excluding hydrogens is 911 g/mol. The molecule has 4 heteroatoms. The van der Waals surface area contributed by atoms with Gasteiger partial charge in [0.1, 0.15) is 0 Å². The maximum absolute atomic E-state index is 3.06. The first-order chi connectivity index (χ1) is 28.8. The van der Waals surface area contributed by atoms with Crippen molar-refractivity contribution in [1.82, 2.24) is 0 Å². The van der Waals surface area contributed by atoms with E-state index in [1.165, 1.54) is 181 Å². The Morgan fingerprint density at radius 3 is 1.14 bits per heavy atom. The van der Waals surface area contributed by atoms with E-state index in [4.69, 9.17) is 0 Å². The van der Waals surface area contributed by atoms with E-state index in [0.717, 1.165) is 0 Å². The van der Waals surface area contributed by atoms with Gasteiger partial charge in [-0.3, -0.25) is 0 Å². The molecule has 0 atom stereocenters. The van der Waals surface area contributed by atoms with Crippen molar-refractivity contribution < 1.29 is 23.3 Å². The van der Waals surface area contributed by atoms with Gasteiger partial charge in [-0.25, -0.2) is 0 Å². The van der Waals surface area contributed by atoms with Crippen LogP contribution in [0.5, 0.6) is 0 Å². The van der Waals surface area contributed by atoms with Gasteiger partial charge >= 0.3 is 30.2 Å².